The van der Waals surface area contributed by atoms with Gasteiger partial charge in [0.05, 0.1) is 22.6 Å². The van der Waals surface area contributed by atoms with E-state index in [1.54, 1.807) is 16.9 Å². The number of aliphatic hydroxyl groups is 1. The lowest BCUT2D eigenvalue weighted by Crippen LogP contribution is -2.09. The molecule has 2 aromatic rings. The monoisotopic (exact) mass is 285 g/mol. The van der Waals surface area contributed by atoms with Gasteiger partial charge in [-0.2, -0.15) is 0 Å². The van der Waals surface area contributed by atoms with Gasteiger partial charge in [-0.1, -0.05) is 12.1 Å². The molecule has 0 radical (unpaired) electrons. The molecule has 1 unspecified atom stereocenters. The molecule has 5 nitrogen and oxygen atoms in total. The van der Waals surface area contributed by atoms with Gasteiger partial charge in [-0.25, -0.2) is 4.68 Å². The van der Waals surface area contributed by atoms with Crippen LogP contribution >= 0.6 is 15.9 Å². The van der Waals surface area contributed by atoms with Crippen LogP contribution in [0, 0.1) is 0 Å². The van der Waals surface area contributed by atoms with E-state index in [1.165, 1.54) is 6.26 Å². The highest BCUT2D eigenvalue weighted by molar-refractivity contribution is 9.10. The lowest BCUT2D eigenvalue weighted by molar-refractivity contribution is 0.177. The molecular weight excluding hydrogens is 274 g/mol. The van der Waals surface area contributed by atoms with Crippen molar-refractivity contribution in [3.63, 3.8) is 0 Å². The topological polar surface area (TPSA) is 64.1 Å². The van der Waals surface area contributed by atoms with Crippen LogP contribution in [-0.4, -0.2) is 20.1 Å². The third-order valence-electron chi connectivity index (χ3n) is 2.26. The molecule has 2 aromatic heterocycles. The van der Waals surface area contributed by atoms with E-state index in [9.17, 15) is 5.11 Å². The van der Waals surface area contributed by atoms with Crippen molar-refractivity contribution < 1.29 is 9.52 Å². The van der Waals surface area contributed by atoms with E-state index < -0.39 is 6.10 Å². The van der Waals surface area contributed by atoms with Crippen molar-refractivity contribution in [2.75, 3.05) is 0 Å². The molecule has 0 aliphatic carbocycles. The van der Waals surface area contributed by atoms with Crippen LogP contribution in [0.3, 0.4) is 0 Å². The van der Waals surface area contributed by atoms with Crippen LogP contribution in [0.15, 0.2) is 27.4 Å². The number of nitrogens with zero attached hydrogens (tertiary/aromatic N) is 3. The van der Waals surface area contributed by atoms with Gasteiger partial charge in [0, 0.05) is 6.54 Å². The summed E-state index contributed by atoms with van der Waals surface area (Å²) >= 11 is 3.31. The molecule has 1 N–H and O–H groups in total. The summed E-state index contributed by atoms with van der Waals surface area (Å²) in [6.45, 7) is 2.77. The molecule has 0 aliphatic rings. The fraction of sp³-hybridized carbons (Fsp3) is 0.400. The van der Waals surface area contributed by atoms with Crippen LogP contribution in [0.1, 0.15) is 30.9 Å². The molecule has 86 valence electrons. The highest BCUT2D eigenvalue weighted by Crippen LogP contribution is 2.28. The highest BCUT2D eigenvalue weighted by Gasteiger charge is 2.21. The largest absolute Gasteiger partial charge is 0.465 e. The molecule has 16 heavy (non-hydrogen) atoms. The standard InChI is InChI=1S/C10H12BrN3O2/c1-2-4-14-8(6-12-13-14)9(15)10-7(11)3-5-16-10/h3,5-6,9,15H,2,4H2,1H3. The summed E-state index contributed by atoms with van der Waals surface area (Å²) in [5, 5.41) is 17.8. The number of rotatable bonds is 4. The summed E-state index contributed by atoms with van der Waals surface area (Å²) in [5.41, 5.74) is 0.637. The summed E-state index contributed by atoms with van der Waals surface area (Å²) < 4.78 is 7.64. The third kappa shape index (κ3) is 2.03. The average Bonchev–Trinajstić information content (AvgIpc) is 2.87. The van der Waals surface area contributed by atoms with Gasteiger partial charge in [-0.3, -0.25) is 0 Å². The number of furan rings is 1. The van der Waals surface area contributed by atoms with Crippen LogP contribution in [-0.2, 0) is 6.54 Å². The predicted molar refractivity (Wildman–Crippen MR) is 60.8 cm³/mol. The van der Waals surface area contributed by atoms with Crippen molar-refractivity contribution in [1.82, 2.24) is 15.0 Å². The summed E-state index contributed by atoms with van der Waals surface area (Å²) in [6.07, 6.45) is 3.17. The number of aryl methyl sites for hydroxylation is 1. The van der Waals surface area contributed by atoms with Gasteiger partial charge >= 0.3 is 0 Å². The van der Waals surface area contributed by atoms with E-state index in [1.807, 2.05) is 6.92 Å². The first-order chi connectivity index (χ1) is 7.74. The van der Waals surface area contributed by atoms with E-state index >= 15 is 0 Å². The van der Waals surface area contributed by atoms with Crippen LogP contribution in [0.4, 0.5) is 0 Å². The number of halogens is 1. The zero-order valence-corrected chi connectivity index (χ0v) is 10.4. The minimum Gasteiger partial charge on any atom is -0.465 e. The van der Waals surface area contributed by atoms with Crippen LogP contribution in [0.5, 0.6) is 0 Å². The fourth-order valence-corrected chi connectivity index (χ4v) is 1.92. The smallest absolute Gasteiger partial charge is 0.156 e. The maximum absolute atomic E-state index is 10.1. The Morgan fingerprint density at radius 2 is 2.44 bits per heavy atom. The minimum atomic E-state index is -0.842. The van der Waals surface area contributed by atoms with Crippen molar-refractivity contribution >= 4 is 15.9 Å². The van der Waals surface area contributed by atoms with Crippen LogP contribution in [0.2, 0.25) is 0 Å². The van der Waals surface area contributed by atoms with E-state index in [-0.39, 0.29) is 0 Å². The molecule has 0 saturated carbocycles. The predicted octanol–water partition coefficient (Wildman–Crippen LogP) is 2.13. The Labute approximate surface area is 101 Å². The number of hydrogen-bond donors (Lipinski definition) is 1. The van der Waals surface area contributed by atoms with Crippen molar-refractivity contribution in [2.45, 2.75) is 26.0 Å². The lowest BCUT2D eigenvalue weighted by Gasteiger charge is -2.09. The van der Waals surface area contributed by atoms with Crippen LogP contribution in [0.25, 0.3) is 0 Å². The first kappa shape index (κ1) is 11.3. The summed E-state index contributed by atoms with van der Waals surface area (Å²) in [5.74, 6) is 0.472. The molecule has 0 fully saturated rings. The molecular formula is C10H12BrN3O2. The molecule has 2 heterocycles. The highest BCUT2D eigenvalue weighted by atomic mass is 79.9. The van der Waals surface area contributed by atoms with E-state index in [0.717, 1.165) is 17.4 Å². The van der Waals surface area contributed by atoms with Gasteiger partial charge in [0.25, 0.3) is 0 Å². The molecule has 0 amide bonds. The quantitative estimate of drug-likeness (QED) is 0.935. The summed E-state index contributed by atoms with van der Waals surface area (Å²) in [7, 11) is 0. The Hall–Kier alpha value is -1.14. The molecule has 0 bridgehead atoms. The van der Waals surface area contributed by atoms with E-state index in [0.29, 0.717) is 11.5 Å². The van der Waals surface area contributed by atoms with Crippen molar-refractivity contribution in [3.8, 4) is 0 Å². The number of aromatic nitrogens is 3. The van der Waals surface area contributed by atoms with Crippen LogP contribution < -0.4 is 0 Å². The molecule has 1 atom stereocenters. The fourth-order valence-electron chi connectivity index (χ4n) is 1.50. The Kier molecular flexibility index (Phi) is 3.40. The second-order valence-corrected chi connectivity index (χ2v) is 4.27. The van der Waals surface area contributed by atoms with E-state index in [4.69, 9.17) is 4.42 Å². The molecule has 0 saturated heterocycles. The number of aliphatic hydroxyl groups excluding tert-OH is 1. The third-order valence-corrected chi connectivity index (χ3v) is 2.91. The lowest BCUT2D eigenvalue weighted by atomic mass is 10.2. The van der Waals surface area contributed by atoms with E-state index in [2.05, 4.69) is 26.2 Å². The van der Waals surface area contributed by atoms with Gasteiger partial charge < -0.3 is 9.52 Å². The second-order valence-electron chi connectivity index (χ2n) is 3.42. The SMILES string of the molecule is CCCn1nncc1C(O)c1occc1Br. The zero-order valence-electron chi connectivity index (χ0n) is 8.80. The normalized spacial score (nSPS) is 12.9. The first-order valence-electron chi connectivity index (χ1n) is 5.03. The van der Waals surface area contributed by atoms with Gasteiger partial charge in [0.2, 0.25) is 0 Å². The summed E-state index contributed by atoms with van der Waals surface area (Å²) in [6, 6.07) is 1.74. The molecule has 6 heteroatoms. The molecule has 0 aromatic carbocycles. The molecule has 0 aliphatic heterocycles. The molecule has 2 rings (SSSR count). The Morgan fingerprint density at radius 3 is 3.06 bits per heavy atom. The molecule has 0 spiro atoms. The Bertz CT molecular complexity index is 466. The summed E-state index contributed by atoms with van der Waals surface area (Å²) in [4.78, 5) is 0. The maximum atomic E-state index is 10.1. The average molecular weight is 286 g/mol. The van der Waals surface area contributed by atoms with Gasteiger partial charge in [0.1, 0.15) is 0 Å². The van der Waals surface area contributed by atoms with Gasteiger partial charge in [-0.15, -0.1) is 5.10 Å². The Morgan fingerprint density at radius 1 is 1.62 bits per heavy atom. The van der Waals surface area contributed by atoms with Crippen molar-refractivity contribution in [3.05, 3.63) is 34.5 Å². The number of hydrogen-bond acceptors (Lipinski definition) is 4. The zero-order chi connectivity index (χ0) is 11.5. The van der Waals surface area contributed by atoms with Crippen molar-refractivity contribution in [2.24, 2.45) is 0 Å². The van der Waals surface area contributed by atoms with Gasteiger partial charge in [0.15, 0.2) is 11.9 Å². The first-order valence-corrected chi connectivity index (χ1v) is 5.82. The van der Waals surface area contributed by atoms with Gasteiger partial charge in [-0.05, 0) is 28.4 Å². The minimum absolute atomic E-state index is 0.472. The second kappa shape index (κ2) is 4.80. The maximum Gasteiger partial charge on any atom is 0.156 e. The van der Waals surface area contributed by atoms with Crippen molar-refractivity contribution in [1.29, 1.82) is 0 Å². The Balaban J connectivity index is 2.30.